The number of fused-ring (bicyclic) bond motifs is 6. The number of hydrogen-bond donors (Lipinski definition) is 2. The number of aliphatic imine (C=N–C) groups is 2. The Balaban J connectivity index is 0.962. The van der Waals surface area contributed by atoms with Crippen LogP contribution in [-0.2, 0) is 14.4 Å². The van der Waals surface area contributed by atoms with E-state index in [1.165, 1.54) is 17.7 Å². The molecule has 64 heavy (non-hydrogen) atoms. The van der Waals surface area contributed by atoms with Crippen LogP contribution in [-0.4, -0.2) is 73.7 Å². The minimum Gasteiger partial charge on any atom is -0.494 e. The predicted octanol–water partition coefficient (Wildman–Crippen LogP) is 7.71. The van der Waals surface area contributed by atoms with E-state index in [2.05, 4.69) is 98.1 Å². The van der Waals surface area contributed by atoms with Crippen LogP contribution in [0.15, 0.2) is 180 Å². The first-order valence-electron chi connectivity index (χ1n) is 21.6. The lowest BCUT2D eigenvalue weighted by molar-refractivity contribution is -0.137. The molecule has 8 heterocycles. The van der Waals surface area contributed by atoms with Gasteiger partial charge in [-0.3, -0.25) is 39.2 Å². The van der Waals surface area contributed by atoms with Gasteiger partial charge in [0.25, 0.3) is 11.8 Å². The van der Waals surface area contributed by atoms with E-state index in [0.29, 0.717) is 19.6 Å². The largest absolute Gasteiger partial charge is 0.494 e. The van der Waals surface area contributed by atoms with E-state index in [4.69, 9.17) is 14.7 Å². The molecule has 3 amide bonds. The third-order valence-corrected chi connectivity index (χ3v) is 12.3. The number of amides is 3. The Kier molecular flexibility index (Phi) is 11.2. The number of H-pyrrole nitrogens is 1. The highest BCUT2D eigenvalue weighted by molar-refractivity contribution is 6.32. The average molecular weight is 845 g/mol. The zero-order valence-corrected chi connectivity index (χ0v) is 34.9. The van der Waals surface area contributed by atoms with Gasteiger partial charge in [-0.2, -0.15) is 0 Å². The molecule has 0 saturated carbocycles. The molecule has 5 aliphatic rings. The summed E-state index contributed by atoms with van der Waals surface area (Å²) in [6.45, 7) is 0.877. The highest BCUT2D eigenvalue weighted by Crippen LogP contribution is 2.46. The summed E-state index contributed by atoms with van der Waals surface area (Å²) in [7, 11) is 0. The van der Waals surface area contributed by atoms with Gasteiger partial charge >= 0.3 is 0 Å². The molecule has 1 aliphatic carbocycles. The molecule has 0 spiro atoms. The van der Waals surface area contributed by atoms with Gasteiger partial charge in [0.1, 0.15) is 5.75 Å². The summed E-state index contributed by atoms with van der Waals surface area (Å²) in [5.74, 6) is 0.0374. The fourth-order valence-electron chi connectivity index (χ4n) is 9.31. The van der Waals surface area contributed by atoms with Crippen molar-refractivity contribution in [1.29, 1.82) is 0 Å². The summed E-state index contributed by atoms with van der Waals surface area (Å²) in [6.07, 6.45) is 28.2. The number of imide groups is 1. The van der Waals surface area contributed by atoms with Crippen molar-refractivity contribution in [2.75, 3.05) is 19.7 Å². The molecule has 316 valence electrons. The Bertz CT molecular complexity index is 2840. The van der Waals surface area contributed by atoms with Gasteiger partial charge in [-0.05, 0) is 132 Å². The Morgan fingerprint density at radius 3 is 2.02 bits per heavy atom. The van der Waals surface area contributed by atoms with Gasteiger partial charge in [-0.15, -0.1) is 0 Å². The molecule has 4 aliphatic heterocycles. The SMILES string of the molecule is O=C(CCN1C(=O)C=CC1=O)NCCCOc1ccc(C2c3ccc([nH]3)C(c3ccncc3)=C3C=CC(=N3)/C(c3ccncc3)=C3/C=CC(=N3)C(c3ccncc3)C3C=CC2C3)cc1. The summed E-state index contributed by atoms with van der Waals surface area (Å²) in [5, 5.41) is 2.85. The number of carbonyl (C=O) groups is 3. The fraction of sp³-hybridized carbons (Fsp3) is 0.192. The van der Waals surface area contributed by atoms with Crippen LogP contribution < -0.4 is 10.1 Å². The maximum absolute atomic E-state index is 12.4. The van der Waals surface area contributed by atoms with Gasteiger partial charge in [0.05, 0.1) is 23.7 Å². The zero-order chi connectivity index (χ0) is 43.4. The first-order chi connectivity index (χ1) is 31.5. The van der Waals surface area contributed by atoms with Gasteiger partial charge in [0, 0.05) is 109 Å². The van der Waals surface area contributed by atoms with E-state index < -0.39 is 11.8 Å². The van der Waals surface area contributed by atoms with E-state index in [0.717, 1.165) is 79.1 Å². The van der Waals surface area contributed by atoms with E-state index in [-0.39, 0.29) is 42.5 Å². The van der Waals surface area contributed by atoms with Crippen molar-refractivity contribution < 1.29 is 19.1 Å². The van der Waals surface area contributed by atoms with Crippen LogP contribution in [0.3, 0.4) is 0 Å². The number of carbonyl (C=O) groups excluding carboxylic acids is 3. The topological polar surface area (TPSA) is 155 Å². The quantitative estimate of drug-likeness (QED) is 0.0741. The smallest absolute Gasteiger partial charge is 0.253 e. The van der Waals surface area contributed by atoms with E-state index in [9.17, 15) is 14.4 Å². The van der Waals surface area contributed by atoms with Crippen molar-refractivity contribution in [3.8, 4) is 5.75 Å². The lowest BCUT2D eigenvalue weighted by atomic mass is 9.77. The second-order valence-corrected chi connectivity index (χ2v) is 16.2. The zero-order valence-electron chi connectivity index (χ0n) is 34.9. The van der Waals surface area contributed by atoms with Gasteiger partial charge < -0.3 is 15.0 Å². The molecule has 0 saturated heterocycles. The maximum atomic E-state index is 12.4. The summed E-state index contributed by atoms with van der Waals surface area (Å²) in [4.78, 5) is 64.7. The number of benzene rings is 1. The first-order valence-corrected chi connectivity index (χ1v) is 21.6. The lowest BCUT2D eigenvalue weighted by Gasteiger charge is -2.27. The molecule has 0 radical (unpaired) electrons. The third kappa shape index (κ3) is 8.25. The van der Waals surface area contributed by atoms with Crippen LogP contribution in [0, 0.1) is 11.8 Å². The number of rotatable bonds is 12. The summed E-state index contributed by atoms with van der Waals surface area (Å²) in [5.41, 5.74) is 11.8. The monoisotopic (exact) mass is 844 g/mol. The second-order valence-electron chi connectivity index (χ2n) is 16.2. The molecule has 4 aromatic heterocycles. The van der Waals surface area contributed by atoms with Crippen LogP contribution in [0.2, 0.25) is 0 Å². The number of nitrogens with one attached hydrogen (secondary N) is 2. The number of pyridine rings is 3. The maximum Gasteiger partial charge on any atom is 0.253 e. The molecular formula is C52H44N8O4. The molecule has 0 fully saturated rings. The Morgan fingerprint density at radius 1 is 0.672 bits per heavy atom. The van der Waals surface area contributed by atoms with E-state index >= 15 is 0 Å². The van der Waals surface area contributed by atoms with Crippen LogP contribution >= 0.6 is 0 Å². The minimum absolute atomic E-state index is 0.00408. The average Bonchev–Trinajstić information content (AvgIpc) is 4.20. The number of nitrogens with zero attached hydrogens (tertiary/aromatic N) is 6. The molecule has 2 N–H and O–H groups in total. The molecule has 1 aromatic carbocycles. The van der Waals surface area contributed by atoms with Crippen molar-refractivity contribution in [2.24, 2.45) is 21.8 Å². The number of allylic oxidation sites excluding steroid dienone is 7. The highest BCUT2D eigenvalue weighted by Gasteiger charge is 2.37. The van der Waals surface area contributed by atoms with Crippen molar-refractivity contribution in [2.45, 2.75) is 31.1 Å². The molecule has 5 aromatic rings. The van der Waals surface area contributed by atoms with E-state index in [1.54, 1.807) is 0 Å². The van der Waals surface area contributed by atoms with Crippen LogP contribution in [0.1, 0.15) is 64.7 Å². The normalized spacial score (nSPS) is 22.1. The molecule has 12 nitrogen and oxygen atoms in total. The summed E-state index contributed by atoms with van der Waals surface area (Å²) < 4.78 is 6.13. The first kappa shape index (κ1) is 40.2. The third-order valence-electron chi connectivity index (χ3n) is 12.3. The van der Waals surface area contributed by atoms with Crippen molar-refractivity contribution >= 4 is 40.3 Å². The van der Waals surface area contributed by atoms with Crippen molar-refractivity contribution in [3.05, 3.63) is 204 Å². The van der Waals surface area contributed by atoms with Crippen molar-refractivity contribution in [1.82, 2.24) is 30.2 Å². The molecule has 12 heteroatoms. The van der Waals surface area contributed by atoms with Gasteiger partial charge in [0.15, 0.2) is 0 Å². The Hall–Kier alpha value is -7.86. The fourth-order valence-corrected chi connectivity index (χ4v) is 9.31. The van der Waals surface area contributed by atoms with Gasteiger partial charge in [-0.25, -0.2) is 4.99 Å². The highest BCUT2D eigenvalue weighted by atomic mass is 16.5. The molecule has 8 bridgehead atoms. The molecule has 10 rings (SSSR count). The van der Waals surface area contributed by atoms with Gasteiger partial charge in [-0.1, -0.05) is 24.3 Å². The summed E-state index contributed by atoms with van der Waals surface area (Å²) >= 11 is 0. The standard InChI is InChI=1S/C52H44N8O4/c61-46(22-30-60-47(62)14-15-48(60)63)56-23-1-31-64-39-6-4-33(5-7-39)49-37-2-3-38(32-37)50(34-16-24-53-25-17-34)41-9-11-43(58-41)52(36-20-28-55-29-21-36)45-13-12-44(59-45)51(35-18-26-54-27-19-35)42-10-8-40(49)57-42/h2-21,24-29,37-38,49-50,57H,1,22-23,30-32H2,(H,56,61)/b51-44?,52-43-. The Morgan fingerprint density at radius 2 is 1.30 bits per heavy atom. The number of ether oxygens (including phenoxy) is 1. The summed E-state index contributed by atoms with van der Waals surface area (Å²) in [6, 6.07) is 25.0. The minimum atomic E-state index is -0.390. The van der Waals surface area contributed by atoms with Crippen LogP contribution in [0.5, 0.6) is 5.75 Å². The molecule has 4 unspecified atom stereocenters. The second kappa shape index (κ2) is 17.9. The number of hydrogen-bond acceptors (Lipinski definition) is 9. The number of aromatic amines is 1. The molecular weight excluding hydrogens is 801 g/mol. The molecule has 4 atom stereocenters. The predicted molar refractivity (Wildman–Crippen MR) is 245 cm³/mol. The van der Waals surface area contributed by atoms with Crippen LogP contribution in [0.4, 0.5) is 0 Å². The van der Waals surface area contributed by atoms with E-state index in [1.807, 2.05) is 73.6 Å². The Labute approximate surface area is 370 Å². The van der Waals surface area contributed by atoms with Crippen LogP contribution in [0.25, 0.3) is 11.1 Å². The van der Waals surface area contributed by atoms with Crippen molar-refractivity contribution in [3.63, 3.8) is 0 Å². The number of aromatic nitrogens is 4. The van der Waals surface area contributed by atoms with Gasteiger partial charge in [0.2, 0.25) is 5.91 Å². The lowest BCUT2D eigenvalue weighted by Crippen LogP contribution is -2.35.